The summed E-state index contributed by atoms with van der Waals surface area (Å²) in [5, 5.41) is 12.7. The molecule has 0 aliphatic heterocycles. The first kappa shape index (κ1) is 15.0. The van der Waals surface area contributed by atoms with Gasteiger partial charge in [-0.25, -0.2) is 4.98 Å². The van der Waals surface area contributed by atoms with Gasteiger partial charge in [-0.3, -0.25) is 0 Å². The summed E-state index contributed by atoms with van der Waals surface area (Å²) in [5.41, 5.74) is 2.51. The van der Waals surface area contributed by atoms with Gasteiger partial charge in [0.15, 0.2) is 0 Å². The van der Waals surface area contributed by atoms with E-state index in [-0.39, 0.29) is 0 Å². The minimum atomic E-state index is 0.583. The van der Waals surface area contributed by atoms with Crippen molar-refractivity contribution in [3.63, 3.8) is 0 Å². The van der Waals surface area contributed by atoms with Crippen LogP contribution in [0.25, 0.3) is 11.1 Å². The normalized spacial score (nSPS) is 10.1. The van der Waals surface area contributed by atoms with E-state index < -0.39 is 0 Å². The summed E-state index contributed by atoms with van der Waals surface area (Å²) in [7, 11) is 0. The summed E-state index contributed by atoms with van der Waals surface area (Å²) in [6, 6.07) is 14.0. The van der Waals surface area contributed by atoms with Crippen LogP contribution < -0.4 is 5.32 Å². The summed E-state index contributed by atoms with van der Waals surface area (Å²) < 4.78 is 5.30. The molecule has 0 saturated carbocycles. The first-order chi connectivity index (χ1) is 10.4. The molecule has 0 atom stereocenters. The van der Waals surface area contributed by atoms with E-state index in [4.69, 9.17) is 4.74 Å². The van der Waals surface area contributed by atoms with Crippen LogP contribution >= 0.6 is 0 Å². The van der Waals surface area contributed by atoms with E-state index in [1.54, 1.807) is 6.20 Å². The number of anilines is 1. The fraction of sp³-hybridized carbons (Fsp3) is 0.294. The number of aromatic nitrogens is 1. The Morgan fingerprint density at radius 3 is 2.76 bits per heavy atom. The van der Waals surface area contributed by atoms with Gasteiger partial charge in [-0.2, -0.15) is 5.26 Å². The van der Waals surface area contributed by atoms with Crippen molar-refractivity contribution >= 4 is 5.82 Å². The lowest BCUT2D eigenvalue weighted by atomic mass is 10.0. The second kappa shape index (κ2) is 8.03. The van der Waals surface area contributed by atoms with Crippen molar-refractivity contribution in [3.05, 3.63) is 48.2 Å². The number of hydrogen-bond donors (Lipinski definition) is 1. The molecule has 108 valence electrons. The fourth-order valence-electron chi connectivity index (χ4n) is 2.09. The second-order valence-corrected chi connectivity index (χ2v) is 4.54. The zero-order valence-electron chi connectivity index (χ0n) is 12.2. The Balaban J connectivity index is 2.14. The number of benzene rings is 1. The molecule has 0 spiro atoms. The monoisotopic (exact) mass is 281 g/mol. The van der Waals surface area contributed by atoms with Crippen molar-refractivity contribution in [1.29, 1.82) is 5.26 Å². The van der Waals surface area contributed by atoms with Gasteiger partial charge in [0, 0.05) is 31.5 Å². The molecule has 0 aliphatic carbocycles. The highest BCUT2D eigenvalue weighted by Gasteiger charge is 2.10. The van der Waals surface area contributed by atoms with Crippen LogP contribution in [0, 0.1) is 11.3 Å². The summed E-state index contributed by atoms with van der Waals surface area (Å²) in [6.07, 6.45) is 2.62. The first-order valence-corrected chi connectivity index (χ1v) is 7.13. The van der Waals surface area contributed by atoms with Gasteiger partial charge < -0.3 is 10.1 Å². The van der Waals surface area contributed by atoms with Gasteiger partial charge in [-0.15, -0.1) is 0 Å². The number of hydrogen-bond acceptors (Lipinski definition) is 4. The van der Waals surface area contributed by atoms with Crippen LogP contribution in [0.15, 0.2) is 42.6 Å². The molecule has 0 aliphatic rings. The fourth-order valence-corrected chi connectivity index (χ4v) is 2.09. The van der Waals surface area contributed by atoms with Gasteiger partial charge >= 0.3 is 0 Å². The van der Waals surface area contributed by atoms with Crippen LogP contribution in [0.5, 0.6) is 0 Å². The smallest absolute Gasteiger partial charge is 0.144 e. The molecule has 1 aromatic heterocycles. The van der Waals surface area contributed by atoms with Crippen molar-refractivity contribution in [2.24, 2.45) is 0 Å². The minimum absolute atomic E-state index is 0.583. The average molecular weight is 281 g/mol. The van der Waals surface area contributed by atoms with Crippen LogP contribution in [0.1, 0.15) is 18.9 Å². The van der Waals surface area contributed by atoms with E-state index in [2.05, 4.69) is 16.4 Å². The molecule has 0 radical (unpaired) electrons. The van der Waals surface area contributed by atoms with E-state index in [0.29, 0.717) is 18.0 Å². The molecule has 0 unspecified atom stereocenters. The van der Waals surface area contributed by atoms with Crippen LogP contribution in [0.2, 0.25) is 0 Å². The van der Waals surface area contributed by atoms with Gasteiger partial charge in [0.05, 0.1) is 0 Å². The third-order valence-corrected chi connectivity index (χ3v) is 3.11. The zero-order valence-corrected chi connectivity index (χ0v) is 12.2. The molecule has 0 saturated heterocycles. The Bertz CT molecular complexity index is 605. The van der Waals surface area contributed by atoms with Gasteiger partial charge in [0.25, 0.3) is 0 Å². The van der Waals surface area contributed by atoms with Gasteiger partial charge in [0.1, 0.15) is 17.5 Å². The first-order valence-electron chi connectivity index (χ1n) is 7.13. The topological polar surface area (TPSA) is 57.9 Å². The van der Waals surface area contributed by atoms with Crippen LogP contribution in [-0.4, -0.2) is 24.7 Å². The number of ether oxygens (including phenoxy) is 1. The van der Waals surface area contributed by atoms with E-state index in [1.165, 1.54) is 0 Å². The molecule has 0 bridgehead atoms. The number of nitriles is 1. The molecule has 1 N–H and O–H groups in total. The molecule has 2 rings (SSSR count). The number of rotatable bonds is 7. The van der Waals surface area contributed by atoms with Crippen LogP contribution in [-0.2, 0) is 4.74 Å². The quantitative estimate of drug-likeness (QED) is 0.790. The Labute approximate surface area is 125 Å². The van der Waals surface area contributed by atoms with Crippen LogP contribution in [0.3, 0.4) is 0 Å². The second-order valence-electron chi connectivity index (χ2n) is 4.54. The molecule has 1 heterocycles. The molecule has 0 fully saturated rings. The van der Waals surface area contributed by atoms with E-state index in [9.17, 15) is 5.26 Å². The highest BCUT2D eigenvalue weighted by Crippen LogP contribution is 2.26. The largest absolute Gasteiger partial charge is 0.382 e. The lowest BCUT2D eigenvalue weighted by Gasteiger charge is -2.10. The van der Waals surface area contributed by atoms with Gasteiger partial charge in [-0.05, 0) is 25.0 Å². The lowest BCUT2D eigenvalue weighted by molar-refractivity contribution is 0.147. The molecular weight excluding hydrogens is 262 g/mol. The standard InChI is InChI=1S/C17H19N3O/c1-2-21-12-6-10-19-17-16(13-18)15(9-11-20-17)14-7-4-3-5-8-14/h3-5,7-9,11H,2,6,10,12H2,1H3,(H,19,20). The highest BCUT2D eigenvalue weighted by atomic mass is 16.5. The summed E-state index contributed by atoms with van der Waals surface area (Å²) in [5.74, 6) is 0.635. The van der Waals surface area contributed by atoms with Crippen molar-refractivity contribution in [2.75, 3.05) is 25.1 Å². The molecule has 1 aromatic carbocycles. The summed E-state index contributed by atoms with van der Waals surface area (Å²) in [4.78, 5) is 4.28. The Morgan fingerprint density at radius 1 is 1.24 bits per heavy atom. The lowest BCUT2D eigenvalue weighted by Crippen LogP contribution is -2.08. The molecule has 0 amide bonds. The number of nitrogens with one attached hydrogen (secondary N) is 1. The third kappa shape index (κ3) is 4.04. The van der Waals surface area contributed by atoms with Crippen molar-refractivity contribution in [1.82, 2.24) is 4.98 Å². The number of pyridine rings is 1. The summed E-state index contributed by atoms with van der Waals surface area (Å²) in [6.45, 7) is 4.15. The van der Waals surface area contributed by atoms with Gasteiger partial charge in [0.2, 0.25) is 0 Å². The molecule has 21 heavy (non-hydrogen) atoms. The Hall–Kier alpha value is -2.38. The predicted octanol–water partition coefficient (Wildman–Crippen LogP) is 3.46. The maximum absolute atomic E-state index is 9.45. The predicted molar refractivity (Wildman–Crippen MR) is 84.0 cm³/mol. The number of nitrogens with zero attached hydrogens (tertiary/aromatic N) is 2. The Morgan fingerprint density at radius 2 is 2.05 bits per heavy atom. The molecule has 4 heteroatoms. The van der Waals surface area contributed by atoms with Gasteiger partial charge in [-0.1, -0.05) is 30.3 Å². The summed E-state index contributed by atoms with van der Waals surface area (Å²) >= 11 is 0. The maximum Gasteiger partial charge on any atom is 0.144 e. The third-order valence-electron chi connectivity index (χ3n) is 3.11. The van der Waals surface area contributed by atoms with Crippen LogP contribution in [0.4, 0.5) is 5.82 Å². The Kier molecular flexibility index (Phi) is 5.74. The minimum Gasteiger partial charge on any atom is -0.382 e. The van der Waals surface area contributed by atoms with E-state index in [1.807, 2.05) is 43.3 Å². The van der Waals surface area contributed by atoms with Crippen molar-refractivity contribution in [3.8, 4) is 17.2 Å². The zero-order chi connectivity index (χ0) is 14.9. The molecular formula is C17H19N3O. The van der Waals surface area contributed by atoms with E-state index in [0.717, 1.165) is 30.7 Å². The maximum atomic E-state index is 9.45. The average Bonchev–Trinajstić information content (AvgIpc) is 2.55. The molecule has 4 nitrogen and oxygen atoms in total. The van der Waals surface area contributed by atoms with Crippen molar-refractivity contribution < 1.29 is 4.74 Å². The molecule has 2 aromatic rings. The van der Waals surface area contributed by atoms with Crippen molar-refractivity contribution in [2.45, 2.75) is 13.3 Å². The highest BCUT2D eigenvalue weighted by molar-refractivity contribution is 5.75. The van der Waals surface area contributed by atoms with E-state index >= 15 is 0 Å². The SMILES string of the molecule is CCOCCCNc1nccc(-c2ccccc2)c1C#N.